The Morgan fingerprint density at radius 1 is 0.469 bits per heavy atom. The lowest BCUT2D eigenvalue weighted by Crippen LogP contribution is -1.93. The molecule has 32 heavy (non-hydrogen) atoms. The summed E-state index contributed by atoms with van der Waals surface area (Å²) in [5.41, 5.74) is 0. The molecule has 0 aromatic heterocycles. The molecule has 0 rings (SSSR count). The summed E-state index contributed by atoms with van der Waals surface area (Å²) in [5.74, 6) is -0.651. The van der Waals surface area contributed by atoms with Crippen LogP contribution in [-0.2, 0) is 4.79 Å². The van der Waals surface area contributed by atoms with E-state index in [9.17, 15) is 4.79 Å². The van der Waals surface area contributed by atoms with Crippen LogP contribution in [0, 0.1) is 0 Å². The Bertz CT molecular complexity index is 388. The molecule has 0 aliphatic rings. The number of hydrogen-bond donors (Lipinski definition) is 1. The maximum atomic E-state index is 10.4. The first kappa shape index (κ1) is 31.2. The maximum absolute atomic E-state index is 10.4. The molecule has 0 heterocycles. The average Bonchev–Trinajstić information content (AvgIpc) is 2.78. The van der Waals surface area contributed by atoms with Crippen molar-refractivity contribution in [1.29, 1.82) is 0 Å². The monoisotopic (exact) mass is 450 g/mol. The zero-order valence-electron chi connectivity index (χ0n) is 21.9. The second-order valence-corrected chi connectivity index (χ2v) is 9.97. The normalized spacial score (nSPS) is 11.5. The van der Waals surface area contributed by atoms with Gasteiger partial charge in [0.05, 0.1) is 0 Å². The first-order valence-electron chi connectivity index (χ1n) is 14.6. The molecule has 0 bridgehead atoms. The highest BCUT2D eigenvalue weighted by molar-refractivity contribution is 5.66. The second-order valence-electron chi connectivity index (χ2n) is 9.97. The quantitative estimate of drug-likeness (QED) is 0.0997. The molecular weight excluding hydrogens is 392 g/mol. The molecule has 0 aliphatic carbocycles. The van der Waals surface area contributed by atoms with Crippen LogP contribution >= 0.6 is 0 Å². The van der Waals surface area contributed by atoms with Crippen molar-refractivity contribution in [2.45, 2.75) is 174 Å². The van der Waals surface area contributed by atoms with Gasteiger partial charge in [-0.1, -0.05) is 147 Å². The van der Waals surface area contributed by atoms with Gasteiger partial charge in [0.25, 0.3) is 0 Å². The number of carboxylic acid groups (broad SMARTS) is 1. The molecule has 0 radical (unpaired) electrons. The van der Waals surface area contributed by atoms with E-state index in [0.29, 0.717) is 6.42 Å². The molecule has 190 valence electrons. The minimum atomic E-state index is -0.651. The standard InChI is InChI=1S/C30H58O2/c1-2-3-4-5-6-7-8-9-10-11-12-13-14-15-16-17-18-19-20-21-22-23-24-25-26-27-28-29-30(31)32/h12-13H,2-11,14-29H2,1H3,(H,31,32). The SMILES string of the molecule is CCCCCCCCCCCC=CCCCCCCCCCCCCCCCCC(=O)O. The van der Waals surface area contributed by atoms with Crippen LogP contribution < -0.4 is 0 Å². The van der Waals surface area contributed by atoms with Crippen LogP contribution in [0.4, 0.5) is 0 Å². The lowest BCUT2D eigenvalue weighted by Gasteiger charge is -2.03. The zero-order valence-corrected chi connectivity index (χ0v) is 21.9. The van der Waals surface area contributed by atoms with E-state index in [4.69, 9.17) is 5.11 Å². The minimum absolute atomic E-state index is 0.343. The number of hydrogen-bond acceptors (Lipinski definition) is 1. The van der Waals surface area contributed by atoms with Crippen molar-refractivity contribution in [2.75, 3.05) is 0 Å². The number of carbonyl (C=O) groups is 1. The first-order valence-corrected chi connectivity index (χ1v) is 14.6. The Balaban J connectivity index is 3.07. The van der Waals surface area contributed by atoms with Gasteiger partial charge in [-0.15, -0.1) is 0 Å². The Kier molecular flexibility index (Phi) is 27.5. The molecule has 0 saturated carbocycles. The van der Waals surface area contributed by atoms with E-state index in [-0.39, 0.29) is 0 Å². The van der Waals surface area contributed by atoms with E-state index < -0.39 is 5.97 Å². The summed E-state index contributed by atoms with van der Waals surface area (Å²) in [6.07, 6.45) is 39.0. The third-order valence-corrected chi connectivity index (χ3v) is 6.65. The van der Waals surface area contributed by atoms with Gasteiger partial charge in [-0.05, 0) is 32.1 Å². The number of allylic oxidation sites excluding steroid dienone is 2. The molecular formula is C30H58O2. The molecule has 0 aromatic carbocycles. The Morgan fingerprint density at radius 3 is 1.06 bits per heavy atom. The number of rotatable bonds is 27. The van der Waals surface area contributed by atoms with Gasteiger partial charge in [-0.3, -0.25) is 4.79 Å². The van der Waals surface area contributed by atoms with Crippen molar-refractivity contribution in [3.8, 4) is 0 Å². The van der Waals surface area contributed by atoms with E-state index >= 15 is 0 Å². The van der Waals surface area contributed by atoms with Gasteiger partial charge < -0.3 is 5.11 Å². The predicted molar refractivity (Wildman–Crippen MR) is 142 cm³/mol. The molecule has 0 amide bonds. The van der Waals surface area contributed by atoms with E-state index in [1.807, 2.05) is 0 Å². The predicted octanol–water partition coefficient (Wildman–Crippen LogP) is 10.8. The summed E-state index contributed by atoms with van der Waals surface area (Å²) in [5, 5.41) is 8.60. The smallest absolute Gasteiger partial charge is 0.303 e. The average molecular weight is 451 g/mol. The Labute approximate surface area is 202 Å². The fourth-order valence-electron chi connectivity index (χ4n) is 4.47. The first-order chi connectivity index (χ1) is 15.8. The van der Waals surface area contributed by atoms with Crippen LogP contribution in [0.1, 0.15) is 174 Å². The van der Waals surface area contributed by atoms with Crippen LogP contribution in [0.5, 0.6) is 0 Å². The van der Waals surface area contributed by atoms with Crippen molar-refractivity contribution in [3.05, 3.63) is 12.2 Å². The highest BCUT2D eigenvalue weighted by Crippen LogP contribution is 2.14. The molecule has 2 heteroatoms. The second kappa shape index (κ2) is 28.2. The van der Waals surface area contributed by atoms with Gasteiger partial charge in [0.2, 0.25) is 0 Å². The topological polar surface area (TPSA) is 37.3 Å². The van der Waals surface area contributed by atoms with Crippen molar-refractivity contribution >= 4 is 5.97 Å². The molecule has 0 aliphatic heterocycles. The number of unbranched alkanes of at least 4 members (excludes halogenated alkanes) is 23. The summed E-state index contributed by atoms with van der Waals surface area (Å²) < 4.78 is 0. The summed E-state index contributed by atoms with van der Waals surface area (Å²) >= 11 is 0. The Morgan fingerprint density at radius 2 is 0.750 bits per heavy atom. The van der Waals surface area contributed by atoms with Gasteiger partial charge in [-0.2, -0.15) is 0 Å². The molecule has 0 saturated heterocycles. The van der Waals surface area contributed by atoms with Crippen LogP contribution in [0.2, 0.25) is 0 Å². The summed E-state index contributed by atoms with van der Waals surface area (Å²) in [7, 11) is 0. The third-order valence-electron chi connectivity index (χ3n) is 6.65. The van der Waals surface area contributed by atoms with E-state index in [1.165, 1.54) is 148 Å². The summed E-state index contributed by atoms with van der Waals surface area (Å²) in [4.78, 5) is 10.4. The fourth-order valence-corrected chi connectivity index (χ4v) is 4.47. The molecule has 0 atom stereocenters. The number of carboxylic acids is 1. The third kappa shape index (κ3) is 29.2. The van der Waals surface area contributed by atoms with Crippen molar-refractivity contribution < 1.29 is 9.90 Å². The van der Waals surface area contributed by atoms with Gasteiger partial charge in [0.15, 0.2) is 0 Å². The highest BCUT2D eigenvalue weighted by atomic mass is 16.4. The fraction of sp³-hybridized carbons (Fsp3) is 0.900. The van der Waals surface area contributed by atoms with E-state index in [1.54, 1.807) is 0 Å². The van der Waals surface area contributed by atoms with Gasteiger partial charge in [-0.25, -0.2) is 0 Å². The molecule has 2 nitrogen and oxygen atoms in total. The molecule has 0 fully saturated rings. The summed E-state index contributed by atoms with van der Waals surface area (Å²) in [6.45, 7) is 2.29. The maximum Gasteiger partial charge on any atom is 0.303 e. The molecule has 0 spiro atoms. The largest absolute Gasteiger partial charge is 0.481 e. The molecule has 1 N–H and O–H groups in total. The Hall–Kier alpha value is -0.790. The van der Waals surface area contributed by atoms with Gasteiger partial charge in [0.1, 0.15) is 0 Å². The van der Waals surface area contributed by atoms with Gasteiger partial charge >= 0.3 is 5.97 Å². The summed E-state index contributed by atoms with van der Waals surface area (Å²) in [6, 6.07) is 0. The molecule has 0 unspecified atom stereocenters. The highest BCUT2D eigenvalue weighted by Gasteiger charge is 1.97. The lowest BCUT2D eigenvalue weighted by molar-refractivity contribution is -0.137. The van der Waals surface area contributed by atoms with Crippen LogP contribution in [0.15, 0.2) is 12.2 Å². The van der Waals surface area contributed by atoms with Crippen LogP contribution in [-0.4, -0.2) is 11.1 Å². The molecule has 0 aromatic rings. The van der Waals surface area contributed by atoms with Crippen molar-refractivity contribution in [3.63, 3.8) is 0 Å². The lowest BCUT2D eigenvalue weighted by atomic mass is 10.0. The number of aliphatic carboxylic acids is 1. The minimum Gasteiger partial charge on any atom is -0.481 e. The van der Waals surface area contributed by atoms with Crippen molar-refractivity contribution in [2.24, 2.45) is 0 Å². The van der Waals surface area contributed by atoms with Crippen LogP contribution in [0.25, 0.3) is 0 Å². The van der Waals surface area contributed by atoms with E-state index in [2.05, 4.69) is 19.1 Å². The van der Waals surface area contributed by atoms with E-state index in [0.717, 1.165) is 12.8 Å². The van der Waals surface area contributed by atoms with Gasteiger partial charge in [0, 0.05) is 6.42 Å². The van der Waals surface area contributed by atoms with Crippen molar-refractivity contribution in [1.82, 2.24) is 0 Å². The zero-order chi connectivity index (χ0) is 23.4. The van der Waals surface area contributed by atoms with Crippen LogP contribution in [0.3, 0.4) is 0 Å².